The van der Waals surface area contributed by atoms with Crippen LogP contribution in [0, 0.1) is 5.41 Å². The highest BCUT2D eigenvalue weighted by atomic mass is 16.1. The third-order valence-electron chi connectivity index (χ3n) is 1.92. The molecule has 0 radical (unpaired) electrons. The maximum Gasteiger partial charge on any atom is 0.135 e. The van der Waals surface area contributed by atoms with Gasteiger partial charge in [0.05, 0.1) is 0 Å². The average Bonchev–Trinajstić information content (AvgIpc) is 2.17. The Morgan fingerprint density at radius 1 is 1.38 bits per heavy atom. The highest BCUT2D eigenvalue weighted by Crippen LogP contribution is 2.12. The molecule has 1 N–H and O–H groups in total. The van der Waals surface area contributed by atoms with Gasteiger partial charge < -0.3 is 5.32 Å². The molecule has 0 saturated carbocycles. The molecule has 98 valence electrons. The van der Waals surface area contributed by atoms with Crippen LogP contribution in [-0.2, 0) is 4.79 Å². The second-order valence-electron chi connectivity index (χ2n) is 4.95. The topological polar surface area (TPSA) is 29.1 Å². The van der Waals surface area contributed by atoms with Crippen LogP contribution in [0.1, 0.15) is 54.9 Å². The standard InChI is InChI=1S/C6H12O.C4H11N.C4H8/c1-5(7)6(2,3)4;1-4(2)5-3;1-3-4-2/h1-4H3;4-5H,1-3H3;3H,1,4H2,2H3. The molecule has 0 rings (SSSR count). The number of hydrogen-bond acceptors (Lipinski definition) is 2. The first-order valence-electron chi connectivity index (χ1n) is 5.92. The highest BCUT2D eigenvalue weighted by molar-refractivity contribution is 5.80. The average molecular weight is 229 g/mol. The molecule has 0 aliphatic heterocycles. The first kappa shape index (κ1) is 20.7. The molecule has 0 amide bonds. The minimum Gasteiger partial charge on any atom is -0.318 e. The lowest BCUT2D eigenvalue weighted by molar-refractivity contribution is -0.124. The van der Waals surface area contributed by atoms with E-state index in [4.69, 9.17) is 0 Å². The molecule has 0 aromatic carbocycles. The molecular weight excluding hydrogens is 198 g/mol. The van der Waals surface area contributed by atoms with Gasteiger partial charge >= 0.3 is 0 Å². The summed E-state index contributed by atoms with van der Waals surface area (Å²) in [6.07, 6.45) is 2.96. The monoisotopic (exact) mass is 229 g/mol. The summed E-state index contributed by atoms with van der Waals surface area (Å²) in [6, 6.07) is 0.634. The fraction of sp³-hybridized carbons (Fsp3) is 0.786. The van der Waals surface area contributed by atoms with Gasteiger partial charge in [-0.1, -0.05) is 47.6 Å². The normalized spacial score (nSPS) is 9.56. The molecule has 2 nitrogen and oxygen atoms in total. The van der Waals surface area contributed by atoms with Crippen LogP contribution < -0.4 is 5.32 Å². The summed E-state index contributed by atoms with van der Waals surface area (Å²) in [5.41, 5.74) is -0.139. The molecule has 0 bridgehead atoms. The molecule has 0 fully saturated rings. The zero-order valence-electron chi connectivity index (χ0n) is 12.5. The number of nitrogens with one attached hydrogen (secondary N) is 1. The summed E-state index contributed by atoms with van der Waals surface area (Å²) in [7, 11) is 1.95. The summed E-state index contributed by atoms with van der Waals surface area (Å²) >= 11 is 0. The molecule has 0 aliphatic rings. The Bertz CT molecular complexity index is 166. The molecule has 0 atom stereocenters. The first-order valence-corrected chi connectivity index (χ1v) is 5.92. The van der Waals surface area contributed by atoms with E-state index < -0.39 is 0 Å². The molecule has 0 aromatic rings. The summed E-state index contributed by atoms with van der Waals surface area (Å²) in [4.78, 5) is 10.5. The van der Waals surface area contributed by atoms with Crippen LogP contribution in [-0.4, -0.2) is 18.9 Å². The molecule has 2 heteroatoms. The number of ketones is 1. The lowest BCUT2D eigenvalue weighted by Crippen LogP contribution is -2.15. The van der Waals surface area contributed by atoms with Crippen LogP contribution >= 0.6 is 0 Å². The van der Waals surface area contributed by atoms with Crippen LogP contribution in [0.3, 0.4) is 0 Å². The van der Waals surface area contributed by atoms with Gasteiger partial charge in [-0.25, -0.2) is 0 Å². The van der Waals surface area contributed by atoms with Crippen molar-refractivity contribution in [3.05, 3.63) is 12.7 Å². The van der Waals surface area contributed by atoms with Crippen molar-refractivity contribution in [1.29, 1.82) is 0 Å². The summed E-state index contributed by atoms with van der Waals surface area (Å²) < 4.78 is 0. The van der Waals surface area contributed by atoms with Gasteiger partial charge in [0.2, 0.25) is 0 Å². The Balaban J connectivity index is -0.000000166. The van der Waals surface area contributed by atoms with Crippen molar-refractivity contribution in [3.8, 4) is 0 Å². The number of carbonyl (C=O) groups excluding carboxylic acids is 1. The Kier molecular flexibility index (Phi) is 16.1. The van der Waals surface area contributed by atoms with Gasteiger partial charge in [0.25, 0.3) is 0 Å². The maximum absolute atomic E-state index is 10.5. The fourth-order valence-corrected chi connectivity index (χ4v) is 0. The van der Waals surface area contributed by atoms with E-state index in [0.717, 1.165) is 6.42 Å². The highest BCUT2D eigenvalue weighted by Gasteiger charge is 2.14. The third kappa shape index (κ3) is 29.2. The van der Waals surface area contributed by atoms with Crippen LogP contribution in [0.4, 0.5) is 0 Å². The van der Waals surface area contributed by atoms with E-state index in [9.17, 15) is 4.79 Å². The molecule has 0 aromatic heterocycles. The lowest BCUT2D eigenvalue weighted by atomic mass is 9.92. The number of Topliss-reactive ketones (excluding diaryl/α,β-unsaturated/α-hetero) is 1. The van der Waals surface area contributed by atoms with Crippen molar-refractivity contribution in [1.82, 2.24) is 5.32 Å². The predicted molar refractivity (Wildman–Crippen MR) is 74.8 cm³/mol. The fourth-order valence-electron chi connectivity index (χ4n) is 0. The molecule has 0 aliphatic carbocycles. The SMILES string of the molecule is C=CCC.CC(=O)C(C)(C)C.CNC(C)C. The molecule has 0 unspecified atom stereocenters. The van der Waals surface area contributed by atoms with Crippen LogP contribution in [0.2, 0.25) is 0 Å². The van der Waals surface area contributed by atoms with Crippen molar-refractivity contribution < 1.29 is 4.79 Å². The van der Waals surface area contributed by atoms with Crippen molar-refractivity contribution in [2.45, 2.75) is 60.9 Å². The molecule has 16 heavy (non-hydrogen) atoms. The van der Waals surface area contributed by atoms with Crippen molar-refractivity contribution in [2.75, 3.05) is 7.05 Å². The Hall–Kier alpha value is -0.630. The Labute approximate surface area is 103 Å². The lowest BCUT2D eigenvalue weighted by Gasteiger charge is -2.11. The molecular formula is C14H31NO. The number of carbonyl (C=O) groups is 1. The van der Waals surface area contributed by atoms with Gasteiger partial charge in [-0.3, -0.25) is 4.79 Å². The van der Waals surface area contributed by atoms with Gasteiger partial charge in [0.15, 0.2) is 0 Å². The van der Waals surface area contributed by atoms with Gasteiger partial charge in [-0.15, -0.1) is 6.58 Å². The molecule has 0 spiro atoms. The second-order valence-corrected chi connectivity index (χ2v) is 4.95. The number of hydrogen-bond donors (Lipinski definition) is 1. The van der Waals surface area contributed by atoms with Gasteiger partial charge in [0, 0.05) is 11.5 Å². The van der Waals surface area contributed by atoms with Gasteiger partial charge in [0.1, 0.15) is 5.78 Å². The molecule has 0 saturated heterocycles. The van der Waals surface area contributed by atoms with Crippen molar-refractivity contribution in [3.63, 3.8) is 0 Å². The second kappa shape index (κ2) is 12.4. The minimum absolute atomic E-state index is 0.139. The van der Waals surface area contributed by atoms with Crippen LogP contribution in [0.15, 0.2) is 12.7 Å². The predicted octanol–water partition coefficient (Wildman–Crippen LogP) is 3.82. The van der Waals surface area contributed by atoms with Crippen molar-refractivity contribution >= 4 is 5.78 Å². The largest absolute Gasteiger partial charge is 0.318 e. The third-order valence-corrected chi connectivity index (χ3v) is 1.92. The minimum atomic E-state index is -0.139. The first-order chi connectivity index (χ1) is 7.13. The summed E-state index contributed by atoms with van der Waals surface area (Å²) in [6.45, 7) is 17.1. The van der Waals surface area contributed by atoms with E-state index in [0.29, 0.717) is 6.04 Å². The van der Waals surface area contributed by atoms with E-state index in [-0.39, 0.29) is 11.2 Å². The van der Waals surface area contributed by atoms with Gasteiger partial charge in [-0.2, -0.15) is 0 Å². The summed E-state index contributed by atoms with van der Waals surface area (Å²) in [5.74, 6) is 0.243. The maximum atomic E-state index is 10.5. The van der Waals surface area contributed by atoms with E-state index in [1.54, 1.807) is 6.92 Å². The van der Waals surface area contributed by atoms with Crippen LogP contribution in [0.25, 0.3) is 0 Å². The van der Waals surface area contributed by atoms with Gasteiger partial charge in [-0.05, 0) is 20.4 Å². The zero-order chi connectivity index (χ0) is 13.8. The van der Waals surface area contributed by atoms with E-state index >= 15 is 0 Å². The Morgan fingerprint density at radius 2 is 1.56 bits per heavy atom. The number of rotatable bonds is 2. The number of allylic oxidation sites excluding steroid dienone is 1. The quantitative estimate of drug-likeness (QED) is 0.729. The van der Waals surface area contributed by atoms with E-state index in [2.05, 4.69) is 32.7 Å². The smallest absolute Gasteiger partial charge is 0.135 e. The van der Waals surface area contributed by atoms with Crippen LogP contribution in [0.5, 0.6) is 0 Å². The van der Waals surface area contributed by atoms with Crippen molar-refractivity contribution in [2.24, 2.45) is 5.41 Å². The Morgan fingerprint density at radius 3 is 1.56 bits per heavy atom. The zero-order valence-corrected chi connectivity index (χ0v) is 12.5. The molecule has 0 heterocycles. The van der Waals surface area contributed by atoms with E-state index in [1.165, 1.54) is 0 Å². The van der Waals surface area contributed by atoms with E-state index in [1.807, 2.05) is 33.9 Å². The summed E-state index contributed by atoms with van der Waals surface area (Å²) in [5, 5.41) is 3.03.